The maximum Gasteiger partial charge on any atom is 0.410 e. The van der Waals surface area contributed by atoms with Gasteiger partial charge in [0.05, 0.1) is 32.0 Å². The third-order valence-electron chi connectivity index (χ3n) is 5.98. The van der Waals surface area contributed by atoms with Crippen LogP contribution in [0.2, 0.25) is 18.1 Å². The molecule has 1 aliphatic rings. The van der Waals surface area contributed by atoms with Gasteiger partial charge in [0.2, 0.25) is 0 Å². The molecule has 0 unspecified atom stereocenters. The zero-order valence-corrected chi connectivity index (χ0v) is 22.3. The summed E-state index contributed by atoms with van der Waals surface area (Å²) >= 11 is 0. The summed E-state index contributed by atoms with van der Waals surface area (Å²) in [5, 5.41) is 0.0980. The molecule has 0 bridgehead atoms. The molecule has 0 radical (unpaired) electrons. The van der Waals surface area contributed by atoms with E-state index in [1.807, 2.05) is 51.1 Å². The molecule has 1 fully saturated rings. The number of carbonyl (C=O) groups is 1. The summed E-state index contributed by atoms with van der Waals surface area (Å²) in [6.07, 6.45) is 0.121. The first-order valence-electron chi connectivity index (χ1n) is 11.7. The second-order valence-corrected chi connectivity index (χ2v) is 15.9. The molecule has 1 aromatic rings. The van der Waals surface area contributed by atoms with Crippen LogP contribution in [-0.4, -0.2) is 63.4 Å². The van der Waals surface area contributed by atoms with Crippen molar-refractivity contribution in [1.82, 2.24) is 4.90 Å². The van der Waals surface area contributed by atoms with E-state index < -0.39 is 13.9 Å². The molecule has 2 atom stereocenters. The lowest BCUT2D eigenvalue weighted by molar-refractivity contribution is -0.0670. The lowest BCUT2D eigenvalue weighted by atomic mass is 10.2. The molecule has 2 rings (SSSR count). The molecule has 182 valence electrons. The Kier molecular flexibility index (Phi) is 9.34. The Bertz CT molecular complexity index is 711. The number of rotatable bonds is 6. The fourth-order valence-electron chi connectivity index (χ4n) is 3.22. The van der Waals surface area contributed by atoms with Gasteiger partial charge < -0.3 is 23.5 Å². The average Bonchev–Trinajstić information content (AvgIpc) is 2.63. The van der Waals surface area contributed by atoms with Crippen LogP contribution in [0.4, 0.5) is 4.79 Å². The molecule has 0 N–H and O–H groups in total. The van der Waals surface area contributed by atoms with E-state index in [9.17, 15) is 4.79 Å². The minimum Gasteiger partial charge on any atom is -0.444 e. The lowest BCUT2D eigenvalue weighted by Gasteiger charge is -2.42. The number of hydrogen-bond donors (Lipinski definition) is 0. The largest absolute Gasteiger partial charge is 0.444 e. The van der Waals surface area contributed by atoms with E-state index in [0.717, 1.165) is 12.0 Å². The standard InChI is InChI=1S/C25H43NO5Si/c1-24(2,3)30-23(27)26-16-21(31-32(7,8)25(4,5)6)14-15-29-22(17-26)19-28-18-20-12-10-9-11-13-20/h9-13,21-22H,14-19H2,1-8H3/t21-,22-/m0/s1. The summed E-state index contributed by atoms with van der Waals surface area (Å²) < 4.78 is 24.4. The summed E-state index contributed by atoms with van der Waals surface area (Å²) in [5.41, 5.74) is 0.556. The van der Waals surface area contributed by atoms with E-state index in [4.69, 9.17) is 18.6 Å². The van der Waals surface area contributed by atoms with E-state index in [1.165, 1.54) is 0 Å². The van der Waals surface area contributed by atoms with Gasteiger partial charge in [-0.25, -0.2) is 4.79 Å². The molecule has 1 aromatic carbocycles. The van der Waals surface area contributed by atoms with Gasteiger partial charge in [0.25, 0.3) is 0 Å². The first kappa shape index (κ1) is 26.8. The quantitative estimate of drug-likeness (QED) is 0.510. The molecule has 1 aliphatic heterocycles. The molecule has 32 heavy (non-hydrogen) atoms. The fourth-order valence-corrected chi connectivity index (χ4v) is 4.60. The zero-order chi connectivity index (χ0) is 24.0. The van der Waals surface area contributed by atoms with Crippen molar-refractivity contribution in [3.63, 3.8) is 0 Å². The highest BCUT2D eigenvalue weighted by Gasteiger charge is 2.40. The van der Waals surface area contributed by atoms with Crippen LogP contribution in [0.5, 0.6) is 0 Å². The van der Waals surface area contributed by atoms with E-state index in [1.54, 1.807) is 4.90 Å². The molecular weight excluding hydrogens is 422 g/mol. The molecular formula is C25H43NO5Si. The monoisotopic (exact) mass is 465 g/mol. The van der Waals surface area contributed by atoms with Gasteiger partial charge in [0, 0.05) is 13.2 Å². The molecule has 6 nitrogen and oxygen atoms in total. The Morgan fingerprint density at radius 1 is 1.09 bits per heavy atom. The van der Waals surface area contributed by atoms with Crippen LogP contribution in [0, 0.1) is 0 Å². The second-order valence-electron chi connectivity index (χ2n) is 11.2. The summed E-state index contributed by atoms with van der Waals surface area (Å²) in [5.74, 6) is 0. The van der Waals surface area contributed by atoms with Crippen LogP contribution < -0.4 is 0 Å². The zero-order valence-electron chi connectivity index (χ0n) is 21.3. The predicted molar refractivity (Wildman–Crippen MR) is 130 cm³/mol. The van der Waals surface area contributed by atoms with E-state index >= 15 is 0 Å². The summed E-state index contributed by atoms with van der Waals surface area (Å²) in [4.78, 5) is 14.7. The van der Waals surface area contributed by atoms with Gasteiger partial charge in [-0.3, -0.25) is 0 Å². The molecule has 0 aromatic heterocycles. The van der Waals surface area contributed by atoms with Crippen molar-refractivity contribution < 1.29 is 23.4 Å². The molecule has 7 heteroatoms. The summed E-state index contributed by atoms with van der Waals surface area (Å²) in [6.45, 7) is 19.3. The Balaban J connectivity index is 2.05. The minimum atomic E-state index is -1.98. The Morgan fingerprint density at radius 2 is 1.75 bits per heavy atom. The van der Waals surface area contributed by atoms with Crippen LogP contribution in [0.3, 0.4) is 0 Å². The second kappa shape index (κ2) is 11.1. The van der Waals surface area contributed by atoms with Gasteiger partial charge in [0.15, 0.2) is 8.32 Å². The van der Waals surface area contributed by atoms with Gasteiger partial charge in [-0.15, -0.1) is 0 Å². The van der Waals surface area contributed by atoms with Crippen LogP contribution in [0.1, 0.15) is 53.5 Å². The Labute approximate surface area is 195 Å². The van der Waals surface area contributed by atoms with E-state index in [0.29, 0.717) is 32.9 Å². The van der Waals surface area contributed by atoms with Crippen molar-refractivity contribution in [2.45, 2.75) is 90.5 Å². The lowest BCUT2D eigenvalue weighted by Crippen LogP contribution is -2.52. The number of benzene rings is 1. The first-order chi connectivity index (χ1) is 14.8. The molecule has 1 heterocycles. The van der Waals surface area contributed by atoms with Gasteiger partial charge in [-0.05, 0) is 50.9 Å². The first-order valence-corrected chi connectivity index (χ1v) is 14.6. The predicted octanol–water partition coefficient (Wildman–Crippen LogP) is 5.62. The summed E-state index contributed by atoms with van der Waals surface area (Å²) in [6, 6.07) is 10.1. The topological polar surface area (TPSA) is 57.2 Å². The number of carbonyl (C=O) groups excluding carboxylic acids is 1. The third kappa shape index (κ3) is 8.85. The van der Waals surface area contributed by atoms with Crippen molar-refractivity contribution in [3.05, 3.63) is 35.9 Å². The van der Waals surface area contributed by atoms with Gasteiger partial charge in [-0.2, -0.15) is 0 Å². The number of nitrogens with zero attached hydrogens (tertiary/aromatic N) is 1. The fraction of sp³-hybridized carbons (Fsp3) is 0.720. The maximum atomic E-state index is 13.0. The maximum absolute atomic E-state index is 13.0. The smallest absolute Gasteiger partial charge is 0.410 e. The van der Waals surface area contributed by atoms with Crippen molar-refractivity contribution in [3.8, 4) is 0 Å². The molecule has 0 spiro atoms. The molecule has 1 amide bonds. The van der Waals surface area contributed by atoms with Crippen molar-refractivity contribution in [2.75, 3.05) is 26.3 Å². The highest BCUT2D eigenvalue weighted by atomic mass is 28.4. The van der Waals surface area contributed by atoms with Crippen LogP contribution in [0.25, 0.3) is 0 Å². The van der Waals surface area contributed by atoms with E-state index in [2.05, 4.69) is 33.9 Å². The number of hydrogen-bond acceptors (Lipinski definition) is 5. The summed E-state index contributed by atoms with van der Waals surface area (Å²) in [7, 11) is -1.98. The van der Waals surface area contributed by atoms with Crippen LogP contribution in [0.15, 0.2) is 30.3 Å². The SMILES string of the molecule is CC(C)(C)OC(=O)N1C[C@@H](COCc2ccccc2)OCC[C@H](O[Si](C)(C)C(C)(C)C)C1. The number of ether oxygens (including phenoxy) is 3. The highest BCUT2D eigenvalue weighted by Crippen LogP contribution is 2.38. The molecule has 0 aliphatic carbocycles. The molecule has 1 saturated heterocycles. The Morgan fingerprint density at radius 3 is 2.34 bits per heavy atom. The van der Waals surface area contributed by atoms with Gasteiger partial charge in [0.1, 0.15) is 5.60 Å². The minimum absolute atomic E-state index is 0.0744. The van der Waals surface area contributed by atoms with Crippen LogP contribution in [-0.2, 0) is 25.2 Å². The van der Waals surface area contributed by atoms with Gasteiger partial charge >= 0.3 is 6.09 Å². The van der Waals surface area contributed by atoms with Crippen molar-refractivity contribution in [2.24, 2.45) is 0 Å². The normalized spacial score (nSPS) is 21.1. The van der Waals surface area contributed by atoms with Crippen LogP contribution >= 0.6 is 0 Å². The third-order valence-corrected chi connectivity index (χ3v) is 10.5. The van der Waals surface area contributed by atoms with Crippen molar-refractivity contribution in [1.29, 1.82) is 0 Å². The van der Waals surface area contributed by atoms with Crippen molar-refractivity contribution >= 4 is 14.4 Å². The van der Waals surface area contributed by atoms with E-state index in [-0.39, 0.29) is 23.3 Å². The number of amides is 1. The average molecular weight is 466 g/mol. The van der Waals surface area contributed by atoms with Gasteiger partial charge in [-0.1, -0.05) is 51.1 Å². The Hall–Kier alpha value is -1.41. The molecule has 0 saturated carbocycles. The highest BCUT2D eigenvalue weighted by molar-refractivity contribution is 6.74.